The summed E-state index contributed by atoms with van der Waals surface area (Å²) in [7, 11) is -5.28. The van der Waals surface area contributed by atoms with Gasteiger partial charge in [0.05, 0.1) is 14.2 Å². The summed E-state index contributed by atoms with van der Waals surface area (Å²) in [5.41, 5.74) is 1.69. The van der Waals surface area contributed by atoms with Crippen LogP contribution in [0.4, 0.5) is 0 Å². The van der Waals surface area contributed by atoms with Crippen LogP contribution in [0.15, 0.2) is 84.4 Å². The van der Waals surface area contributed by atoms with E-state index in [0.29, 0.717) is 0 Å². The zero-order valence-electron chi connectivity index (χ0n) is 20.7. The van der Waals surface area contributed by atoms with Crippen molar-refractivity contribution < 1.29 is 32.5 Å². The lowest BCUT2D eigenvalue weighted by atomic mass is 10.1. The summed E-state index contributed by atoms with van der Waals surface area (Å²) in [6, 6.07) is 16.7. The van der Waals surface area contributed by atoms with Crippen molar-refractivity contribution in [1.29, 1.82) is 0 Å². The quantitative estimate of drug-likeness (QED) is 0.313. The fraction of sp³-hybridized carbons (Fsp3) is 0.308. The third-order valence-corrected chi connectivity index (χ3v) is 11.7. The van der Waals surface area contributed by atoms with Crippen molar-refractivity contribution in [2.24, 2.45) is 0 Å². The van der Waals surface area contributed by atoms with Crippen LogP contribution in [0.5, 0.6) is 0 Å². The number of carbonyl (C=O) groups excluding carboxylic acids is 2. The molecule has 37 heavy (non-hydrogen) atoms. The SMILES string of the molecule is COC(=O)[C@H](Cc1ccccc1)N1CC=CP1(=O)O[P@]1(=O)C=CCN1[C@@H](Cc1ccccc1)C(=O)OC. The van der Waals surface area contributed by atoms with E-state index in [2.05, 4.69) is 0 Å². The second-order valence-corrected chi connectivity index (χ2v) is 13.2. The predicted octanol–water partition coefficient (Wildman–Crippen LogP) is 4.62. The van der Waals surface area contributed by atoms with Gasteiger partial charge in [0.2, 0.25) is 0 Å². The fourth-order valence-corrected chi connectivity index (χ4v) is 9.87. The van der Waals surface area contributed by atoms with E-state index in [0.717, 1.165) is 11.1 Å². The largest absolute Gasteiger partial charge is 0.468 e. The molecule has 1 unspecified atom stereocenters. The van der Waals surface area contributed by atoms with E-state index in [4.69, 9.17) is 13.8 Å². The van der Waals surface area contributed by atoms with Crippen LogP contribution >= 0.6 is 15.0 Å². The molecule has 0 aromatic heterocycles. The minimum absolute atomic E-state index is 0.151. The van der Waals surface area contributed by atoms with Gasteiger partial charge in [-0.15, -0.1) is 0 Å². The standard InChI is InChI=1S/C26H30N2O7P2/c1-33-25(29)23(19-21-11-5-3-6-12-21)27-15-9-17-36(27,31)35-37(32)18-10-16-28(37)24(26(30)34-2)20-22-13-7-4-8-14-22/h3-14,17-18,23-24H,15-16,19-20H2,1-2H3/t23-,24-,36+,37?/m0/s1. The zero-order valence-corrected chi connectivity index (χ0v) is 22.5. The highest BCUT2D eigenvalue weighted by molar-refractivity contribution is 7.73. The average molecular weight is 544 g/mol. The lowest BCUT2D eigenvalue weighted by Crippen LogP contribution is -2.42. The summed E-state index contributed by atoms with van der Waals surface area (Å²) in [5.74, 6) is 1.57. The molecule has 2 aliphatic heterocycles. The molecule has 0 bridgehead atoms. The van der Waals surface area contributed by atoms with Crippen molar-refractivity contribution >= 4 is 27.0 Å². The molecule has 0 N–H and O–H groups in total. The number of nitrogens with zero attached hydrogens (tertiary/aromatic N) is 2. The number of methoxy groups -OCH3 is 2. The van der Waals surface area contributed by atoms with E-state index in [1.165, 1.54) is 35.2 Å². The highest BCUT2D eigenvalue weighted by atomic mass is 31.2. The molecule has 11 heteroatoms. The van der Waals surface area contributed by atoms with Crippen molar-refractivity contribution in [1.82, 2.24) is 9.34 Å². The number of rotatable bonds is 10. The molecule has 0 fully saturated rings. The molecule has 4 atom stereocenters. The first kappa shape index (κ1) is 27.2. The second kappa shape index (κ2) is 11.7. The maximum Gasteiger partial charge on any atom is 0.323 e. The summed E-state index contributed by atoms with van der Waals surface area (Å²) in [6.07, 6.45) is 3.70. The van der Waals surface area contributed by atoms with E-state index < -0.39 is 39.1 Å². The molecule has 2 aliphatic rings. The van der Waals surface area contributed by atoms with Gasteiger partial charge in [0, 0.05) is 24.7 Å². The summed E-state index contributed by atoms with van der Waals surface area (Å²) >= 11 is 0. The molecule has 2 aromatic carbocycles. The Morgan fingerprint density at radius 1 is 0.730 bits per heavy atom. The molecule has 9 nitrogen and oxygen atoms in total. The van der Waals surface area contributed by atoms with Gasteiger partial charge in [-0.25, -0.2) is 13.7 Å². The Balaban J connectivity index is 1.62. The fourth-order valence-electron chi connectivity index (χ4n) is 4.50. The first-order valence-electron chi connectivity index (χ1n) is 11.8. The number of esters is 2. The molecule has 2 heterocycles. The molecule has 0 spiro atoms. The van der Waals surface area contributed by atoms with Crippen LogP contribution in [0.25, 0.3) is 0 Å². The molecule has 2 aromatic rings. The Hall–Kier alpha value is -2.80. The molecule has 0 amide bonds. The van der Waals surface area contributed by atoms with Crippen LogP contribution in [0.1, 0.15) is 11.1 Å². The molecule has 0 saturated heterocycles. The normalized spacial score (nSPS) is 25.1. The molecular weight excluding hydrogens is 514 g/mol. The van der Waals surface area contributed by atoms with Gasteiger partial charge in [0.1, 0.15) is 12.1 Å². The first-order valence-corrected chi connectivity index (χ1v) is 15.1. The van der Waals surface area contributed by atoms with E-state index in [1.54, 1.807) is 12.2 Å². The average Bonchev–Trinajstić information content (AvgIpc) is 3.47. The monoisotopic (exact) mass is 544 g/mol. The van der Waals surface area contributed by atoms with Crippen LogP contribution in [-0.4, -0.2) is 60.7 Å². The Kier molecular flexibility index (Phi) is 8.63. The first-order chi connectivity index (χ1) is 17.8. The lowest BCUT2D eigenvalue weighted by Gasteiger charge is -2.35. The van der Waals surface area contributed by atoms with Crippen LogP contribution < -0.4 is 0 Å². The Labute approximate surface area is 216 Å². The highest BCUT2D eigenvalue weighted by Crippen LogP contribution is 2.72. The smallest absolute Gasteiger partial charge is 0.323 e. The predicted molar refractivity (Wildman–Crippen MR) is 140 cm³/mol. The van der Waals surface area contributed by atoms with Gasteiger partial charge >= 0.3 is 27.0 Å². The number of carbonyl (C=O) groups is 2. The van der Waals surface area contributed by atoms with Crippen molar-refractivity contribution in [3.63, 3.8) is 0 Å². The van der Waals surface area contributed by atoms with Crippen molar-refractivity contribution in [2.75, 3.05) is 27.3 Å². The summed E-state index contributed by atoms with van der Waals surface area (Å²) in [5, 5.41) is 0. The van der Waals surface area contributed by atoms with Gasteiger partial charge in [0.15, 0.2) is 0 Å². The number of benzene rings is 2. The Bertz CT molecular complexity index is 1170. The van der Waals surface area contributed by atoms with Crippen molar-refractivity contribution in [2.45, 2.75) is 24.9 Å². The maximum absolute atomic E-state index is 14.2. The van der Waals surface area contributed by atoms with Gasteiger partial charge in [-0.2, -0.15) is 0 Å². The third-order valence-electron chi connectivity index (χ3n) is 6.33. The number of ether oxygens (including phenoxy) is 2. The van der Waals surface area contributed by atoms with Crippen LogP contribution in [0.3, 0.4) is 0 Å². The molecular formula is C26H30N2O7P2. The second-order valence-electron chi connectivity index (χ2n) is 8.68. The van der Waals surface area contributed by atoms with Gasteiger partial charge in [-0.3, -0.25) is 18.7 Å². The van der Waals surface area contributed by atoms with E-state index >= 15 is 0 Å². The highest BCUT2D eigenvalue weighted by Gasteiger charge is 2.50. The van der Waals surface area contributed by atoms with E-state index in [9.17, 15) is 18.7 Å². The molecule has 4 rings (SSSR count). The maximum atomic E-state index is 14.2. The third kappa shape index (κ3) is 6.03. The van der Waals surface area contributed by atoms with Crippen LogP contribution in [0.2, 0.25) is 0 Å². The number of hydrogen-bond acceptors (Lipinski definition) is 7. The van der Waals surface area contributed by atoms with Crippen molar-refractivity contribution in [3.8, 4) is 0 Å². The van der Waals surface area contributed by atoms with E-state index in [1.807, 2.05) is 60.7 Å². The molecule has 196 valence electrons. The molecule has 0 aliphatic carbocycles. The minimum Gasteiger partial charge on any atom is -0.468 e. The van der Waals surface area contributed by atoms with Gasteiger partial charge in [-0.1, -0.05) is 72.8 Å². The van der Waals surface area contributed by atoms with Crippen molar-refractivity contribution in [3.05, 3.63) is 95.6 Å². The van der Waals surface area contributed by atoms with Crippen LogP contribution in [0, 0.1) is 0 Å². The summed E-state index contributed by atoms with van der Waals surface area (Å²) < 4.78 is 47.2. The van der Waals surface area contributed by atoms with Gasteiger partial charge in [-0.05, 0) is 24.0 Å². The van der Waals surface area contributed by atoms with Crippen LogP contribution in [-0.2, 0) is 45.3 Å². The minimum atomic E-state index is -3.91. The Morgan fingerprint density at radius 2 is 1.11 bits per heavy atom. The Morgan fingerprint density at radius 3 is 1.46 bits per heavy atom. The van der Waals surface area contributed by atoms with E-state index in [-0.39, 0.29) is 25.9 Å². The number of hydrogen-bond donors (Lipinski definition) is 0. The molecule has 0 radical (unpaired) electrons. The summed E-state index contributed by atoms with van der Waals surface area (Å²) in [6.45, 7) is 0.302. The zero-order chi connectivity index (χ0) is 26.5. The van der Waals surface area contributed by atoms with Gasteiger partial charge in [0.25, 0.3) is 0 Å². The van der Waals surface area contributed by atoms with Gasteiger partial charge < -0.3 is 9.47 Å². The molecule has 0 saturated carbocycles. The lowest BCUT2D eigenvalue weighted by molar-refractivity contribution is -0.145. The summed E-state index contributed by atoms with van der Waals surface area (Å²) in [4.78, 5) is 25.6. The topological polar surface area (TPSA) is 102 Å².